The topological polar surface area (TPSA) is 92.3 Å². The second-order valence-electron chi connectivity index (χ2n) is 12.6. The summed E-state index contributed by atoms with van der Waals surface area (Å²) in [7, 11) is -4.00. The van der Waals surface area contributed by atoms with Crippen LogP contribution >= 0.6 is 23.2 Å². The zero-order valence-corrected chi connectivity index (χ0v) is 28.9. The van der Waals surface area contributed by atoms with Gasteiger partial charge in [-0.3, -0.25) is 14.1 Å². The van der Waals surface area contributed by atoms with E-state index in [0.29, 0.717) is 51.1 Å². The van der Waals surface area contributed by atoms with Crippen LogP contribution in [0.2, 0.25) is 10.0 Å². The smallest absolute Gasteiger partial charge is 0.264 e. The number of carbonyl (C=O) groups is 1. The second-order valence-corrected chi connectivity index (χ2v) is 15.2. The van der Waals surface area contributed by atoms with Crippen molar-refractivity contribution >= 4 is 44.8 Å². The number of likely N-dealkylation sites (tertiary alicyclic amines) is 2. The molecule has 0 saturated carbocycles. The average Bonchev–Trinajstić information content (AvgIpc) is 3.62. The van der Waals surface area contributed by atoms with Crippen LogP contribution in [0.4, 0.5) is 5.69 Å². The van der Waals surface area contributed by atoms with Crippen molar-refractivity contribution < 1.29 is 22.7 Å². The van der Waals surface area contributed by atoms with Crippen molar-refractivity contribution in [3.8, 4) is 0 Å². The van der Waals surface area contributed by atoms with E-state index in [9.17, 15) is 13.2 Å². The quantitative estimate of drug-likeness (QED) is 0.216. The number of hydrogen-bond donors (Lipinski definition) is 0. The van der Waals surface area contributed by atoms with E-state index >= 15 is 0 Å². The molecule has 2 fully saturated rings. The highest BCUT2D eigenvalue weighted by atomic mass is 35.5. The highest BCUT2D eigenvalue weighted by Gasteiger charge is 2.40. The molecule has 252 valence electrons. The minimum Gasteiger partial charge on any atom is -0.370 e. The average molecular weight is 702 g/mol. The fourth-order valence-corrected chi connectivity index (χ4v) is 9.09. The Labute approximate surface area is 287 Å². The molecular weight excluding hydrogens is 659 g/mol. The van der Waals surface area contributed by atoms with E-state index in [2.05, 4.69) is 16.0 Å². The van der Waals surface area contributed by atoms with Gasteiger partial charge in [0.15, 0.2) is 0 Å². The van der Waals surface area contributed by atoms with Crippen molar-refractivity contribution in [1.29, 1.82) is 0 Å². The molecule has 3 aromatic rings. The number of fused-ring (bicyclic) bond motifs is 1. The number of aromatic nitrogens is 1. The van der Waals surface area contributed by atoms with Gasteiger partial charge in [-0.05, 0) is 93.9 Å². The van der Waals surface area contributed by atoms with Crippen LogP contribution in [-0.2, 0) is 36.3 Å². The molecule has 0 N–H and O–H groups in total. The summed E-state index contributed by atoms with van der Waals surface area (Å²) in [6, 6.07) is 15.3. The molecule has 1 aromatic heterocycles. The predicted molar refractivity (Wildman–Crippen MR) is 183 cm³/mol. The monoisotopic (exact) mass is 700 g/mol. The van der Waals surface area contributed by atoms with Gasteiger partial charge in [-0.15, -0.1) is 0 Å². The maximum absolute atomic E-state index is 14.0. The van der Waals surface area contributed by atoms with Crippen LogP contribution in [0.3, 0.4) is 0 Å². The van der Waals surface area contributed by atoms with E-state index in [1.807, 2.05) is 35.4 Å². The number of para-hydroxylation sites is 1. The Morgan fingerprint density at radius 1 is 0.979 bits per heavy atom. The highest BCUT2D eigenvalue weighted by Crippen LogP contribution is 2.38. The van der Waals surface area contributed by atoms with E-state index in [0.717, 1.165) is 24.1 Å². The minimum atomic E-state index is -4.00. The fourth-order valence-electron chi connectivity index (χ4n) is 7.00. The normalized spacial score (nSPS) is 19.9. The number of aryl methyl sites for hydroxylation is 1. The van der Waals surface area contributed by atoms with Gasteiger partial charge in [0, 0.05) is 44.2 Å². The molecule has 0 spiro atoms. The molecule has 12 heteroatoms. The summed E-state index contributed by atoms with van der Waals surface area (Å²) in [5, 5.41) is 0.445. The second kappa shape index (κ2) is 15.2. The fraction of sp³-hybridized carbons (Fsp3) is 0.486. The Morgan fingerprint density at radius 3 is 2.51 bits per heavy atom. The Kier molecular flexibility index (Phi) is 11.1. The largest absolute Gasteiger partial charge is 0.370 e. The number of nitrogens with zero attached hydrogens (tertiary/aromatic N) is 4. The van der Waals surface area contributed by atoms with Crippen molar-refractivity contribution in [2.75, 3.05) is 56.8 Å². The summed E-state index contributed by atoms with van der Waals surface area (Å²) < 4.78 is 42.0. The van der Waals surface area contributed by atoms with Gasteiger partial charge in [0.25, 0.3) is 10.0 Å². The first-order valence-corrected chi connectivity index (χ1v) is 18.7. The summed E-state index contributed by atoms with van der Waals surface area (Å²) in [5.41, 5.74) is 2.11. The molecule has 0 radical (unpaired) electrons. The van der Waals surface area contributed by atoms with Crippen LogP contribution in [-0.4, -0.2) is 87.7 Å². The maximum atomic E-state index is 14.0. The van der Waals surface area contributed by atoms with Crippen molar-refractivity contribution in [3.63, 3.8) is 0 Å². The van der Waals surface area contributed by atoms with E-state index in [1.54, 1.807) is 12.3 Å². The SMILES string of the molecule is O=C(COCC1CCc2ccccc2N1S(=O)(=O)c1ccc(Cl)c(Cl)c1)N1CCC(OCCCN2CCCC2)(c2cccnc2)CC1. The van der Waals surface area contributed by atoms with Gasteiger partial charge in [-0.1, -0.05) is 47.5 Å². The Morgan fingerprint density at radius 2 is 1.77 bits per heavy atom. The predicted octanol–water partition coefficient (Wildman–Crippen LogP) is 5.94. The molecule has 3 aliphatic rings. The number of hydrogen-bond acceptors (Lipinski definition) is 7. The van der Waals surface area contributed by atoms with Gasteiger partial charge in [-0.2, -0.15) is 0 Å². The summed E-state index contributed by atoms with van der Waals surface area (Å²) in [6.45, 7) is 5.08. The van der Waals surface area contributed by atoms with Gasteiger partial charge in [0.2, 0.25) is 5.91 Å². The van der Waals surface area contributed by atoms with E-state index < -0.39 is 21.7 Å². The maximum Gasteiger partial charge on any atom is 0.264 e. The Balaban J connectivity index is 1.07. The third kappa shape index (κ3) is 7.79. The Bertz CT molecular complexity index is 1630. The first kappa shape index (κ1) is 34.1. The molecule has 6 rings (SSSR count). The molecule has 0 bridgehead atoms. The third-order valence-corrected chi connectivity index (χ3v) is 12.2. The number of anilines is 1. The van der Waals surface area contributed by atoms with Crippen molar-refractivity contribution in [2.45, 2.75) is 61.5 Å². The van der Waals surface area contributed by atoms with Crippen molar-refractivity contribution in [3.05, 3.63) is 88.2 Å². The lowest BCUT2D eigenvalue weighted by Crippen LogP contribution is -2.49. The van der Waals surface area contributed by atoms with Crippen LogP contribution in [0.15, 0.2) is 71.9 Å². The van der Waals surface area contributed by atoms with E-state index in [1.165, 1.54) is 48.4 Å². The Hall–Kier alpha value is -2.73. The number of sulfonamides is 1. The number of amides is 1. The first-order chi connectivity index (χ1) is 22.8. The molecule has 4 heterocycles. The molecule has 3 aliphatic heterocycles. The molecule has 2 saturated heterocycles. The van der Waals surface area contributed by atoms with Gasteiger partial charge in [0.05, 0.1) is 38.9 Å². The molecule has 1 unspecified atom stereocenters. The number of benzene rings is 2. The molecular formula is C35H42Cl2N4O5S. The van der Waals surface area contributed by atoms with Crippen molar-refractivity contribution in [1.82, 2.24) is 14.8 Å². The number of rotatable bonds is 12. The summed E-state index contributed by atoms with van der Waals surface area (Å²) in [4.78, 5) is 22.1. The number of carbonyl (C=O) groups excluding carboxylic acids is 1. The lowest BCUT2D eigenvalue weighted by atomic mass is 9.85. The summed E-state index contributed by atoms with van der Waals surface area (Å²) >= 11 is 12.3. The standard InChI is InChI=1S/C35H42Cl2N4O5S/c36-31-13-12-30(23-32(31)37)47(43,44)41-29(11-10-27-7-1-2-9-33(27)41)25-45-26-34(42)40-20-14-35(15-21-40,28-8-5-16-38-24-28)46-22-6-19-39-17-3-4-18-39/h1-2,5,7-9,12-13,16,23-24,29H,3-4,6,10-11,14-15,17-22,25-26H2. The lowest BCUT2D eigenvalue weighted by molar-refractivity contribution is -0.144. The van der Waals surface area contributed by atoms with Crippen LogP contribution in [0.1, 0.15) is 49.7 Å². The molecule has 9 nitrogen and oxygen atoms in total. The van der Waals surface area contributed by atoms with Crippen LogP contribution < -0.4 is 4.31 Å². The van der Waals surface area contributed by atoms with Crippen LogP contribution in [0.25, 0.3) is 0 Å². The molecule has 47 heavy (non-hydrogen) atoms. The molecule has 2 aromatic carbocycles. The summed E-state index contributed by atoms with van der Waals surface area (Å²) in [5.74, 6) is -0.117. The number of pyridine rings is 1. The van der Waals surface area contributed by atoms with E-state index in [4.69, 9.17) is 32.7 Å². The highest BCUT2D eigenvalue weighted by molar-refractivity contribution is 7.92. The zero-order chi connectivity index (χ0) is 32.9. The van der Waals surface area contributed by atoms with Gasteiger partial charge >= 0.3 is 0 Å². The number of ether oxygens (including phenoxy) is 2. The molecule has 0 aliphatic carbocycles. The number of piperidine rings is 1. The summed E-state index contributed by atoms with van der Waals surface area (Å²) in [6.07, 6.45) is 9.76. The zero-order valence-electron chi connectivity index (χ0n) is 26.5. The van der Waals surface area contributed by atoms with E-state index in [-0.39, 0.29) is 34.1 Å². The van der Waals surface area contributed by atoms with Crippen molar-refractivity contribution in [2.24, 2.45) is 0 Å². The first-order valence-electron chi connectivity index (χ1n) is 16.5. The van der Waals surface area contributed by atoms with Crippen LogP contribution in [0, 0.1) is 0 Å². The minimum absolute atomic E-state index is 0.0494. The third-order valence-electron chi connectivity index (χ3n) is 9.60. The van der Waals surface area contributed by atoms with Crippen LogP contribution in [0.5, 0.6) is 0 Å². The molecule has 1 amide bonds. The molecule has 1 atom stereocenters. The lowest BCUT2D eigenvalue weighted by Gasteiger charge is -2.42. The van der Waals surface area contributed by atoms with Gasteiger partial charge in [-0.25, -0.2) is 8.42 Å². The van der Waals surface area contributed by atoms with Gasteiger partial charge < -0.3 is 19.3 Å². The van der Waals surface area contributed by atoms with Gasteiger partial charge in [0.1, 0.15) is 6.61 Å². The number of halogens is 2.